The Labute approximate surface area is 93.5 Å². The van der Waals surface area contributed by atoms with Gasteiger partial charge < -0.3 is 4.90 Å². The number of halogens is 1. The van der Waals surface area contributed by atoms with Crippen LogP contribution in [0.2, 0.25) is 5.02 Å². The summed E-state index contributed by atoms with van der Waals surface area (Å²) in [5.41, 5.74) is 0.979. The lowest BCUT2D eigenvalue weighted by Gasteiger charge is -2.17. The van der Waals surface area contributed by atoms with E-state index in [0.717, 1.165) is 18.7 Å². The van der Waals surface area contributed by atoms with E-state index < -0.39 is 0 Å². The summed E-state index contributed by atoms with van der Waals surface area (Å²) >= 11 is 7.44. The normalized spacial score (nSPS) is 10.3. The maximum absolute atomic E-state index is 11.9. The van der Waals surface area contributed by atoms with E-state index in [4.69, 9.17) is 11.6 Å². The number of rotatable bonds is 3. The first-order valence-electron chi connectivity index (χ1n) is 4.64. The average Bonchev–Trinajstić information content (AvgIpc) is 2.49. The van der Waals surface area contributed by atoms with E-state index in [1.54, 1.807) is 4.90 Å². The predicted molar refractivity (Wildman–Crippen MR) is 61.3 cm³/mol. The molecule has 0 aliphatic rings. The van der Waals surface area contributed by atoms with Crippen LogP contribution >= 0.6 is 22.9 Å². The second-order valence-electron chi connectivity index (χ2n) is 3.04. The minimum absolute atomic E-state index is 0.0399. The van der Waals surface area contributed by atoms with Gasteiger partial charge >= 0.3 is 0 Å². The van der Waals surface area contributed by atoms with Crippen molar-refractivity contribution in [2.45, 2.75) is 20.8 Å². The second kappa shape index (κ2) is 4.80. The highest BCUT2D eigenvalue weighted by atomic mass is 35.5. The van der Waals surface area contributed by atoms with Crippen LogP contribution in [-0.2, 0) is 0 Å². The first-order valence-corrected chi connectivity index (χ1v) is 5.90. The van der Waals surface area contributed by atoms with Gasteiger partial charge in [0.15, 0.2) is 0 Å². The number of thiophene rings is 1. The summed E-state index contributed by atoms with van der Waals surface area (Å²) in [5.74, 6) is 0.0399. The van der Waals surface area contributed by atoms with Gasteiger partial charge in [0, 0.05) is 13.1 Å². The van der Waals surface area contributed by atoms with Crippen molar-refractivity contribution in [3.8, 4) is 0 Å². The molecule has 1 aromatic rings. The molecule has 4 heteroatoms. The van der Waals surface area contributed by atoms with Gasteiger partial charge in [-0.2, -0.15) is 0 Å². The van der Waals surface area contributed by atoms with Crippen LogP contribution in [-0.4, -0.2) is 23.9 Å². The molecule has 0 atom stereocenters. The van der Waals surface area contributed by atoms with E-state index in [2.05, 4.69) is 0 Å². The van der Waals surface area contributed by atoms with Crippen LogP contribution < -0.4 is 0 Å². The van der Waals surface area contributed by atoms with E-state index in [-0.39, 0.29) is 5.91 Å². The lowest BCUT2D eigenvalue weighted by molar-refractivity contribution is 0.0778. The maximum Gasteiger partial charge on any atom is 0.265 e. The van der Waals surface area contributed by atoms with Gasteiger partial charge in [-0.3, -0.25) is 4.79 Å². The first kappa shape index (κ1) is 11.5. The highest BCUT2D eigenvalue weighted by Gasteiger charge is 2.18. The number of aryl methyl sites for hydroxylation is 1. The summed E-state index contributed by atoms with van der Waals surface area (Å²) in [6.45, 7) is 7.30. The summed E-state index contributed by atoms with van der Waals surface area (Å²) in [7, 11) is 0. The SMILES string of the molecule is CCN(CC)C(=O)c1scc(C)c1Cl. The van der Waals surface area contributed by atoms with Gasteiger partial charge in [-0.25, -0.2) is 0 Å². The molecular formula is C10H14ClNOS. The van der Waals surface area contributed by atoms with Crippen LogP contribution in [0.5, 0.6) is 0 Å². The van der Waals surface area contributed by atoms with Gasteiger partial charge in [0.05, 0.1) is 5.02 Å². The smallest absolute Gasteiger partial charge is 0.265 e. The van der Waals surface area contributed by atoms with Crippen molar-refractivity contribution in [2.24, 2.45) is 0 Å². The first-order chi connectivity index (χ1) is 6.61. The molecule has 0 aromatic carbocycles. The van der Waals surface area contributed by atoms with Crippen LogP contribution in [0.25, 0.3) is 0 Å². The molecule has 0 aliphatic carbocycles. The number of hydrogen-bond donors (Lipinski definition) is 0. The average molecular weight is 232 g/mol. The minimum atomic E-state index is 0.0399. The van der Waals surface area contributed by atoms with E-state index in [0.29, 0.717) is 9.90 Å². The van der Waals surface area contributed by atoms with Crippen molar-refractivity contribution in [3.63, 3.8) is 0 Å². The Morgan fingerprint density at radius 2 is 2.07 bits per heavy atom. The molecule has 0 radical (unpaired) electrons. The fourth-order valence-electron chi connectivity index (χ4n) is 1.23. The molecule has 1 heterocycles. The Kier molecular flexibility index (Phi) is 3.96. The van der Waals surface area contributed by atoms with E-state index in [9.17, 15) is 4.79 Å². The minimum Gasteiger partial charge on any atom is -0.338 e. The monoisotopic (exact) mass is 231 g/mol. The Morgan fingerprint density at radius 3 is 2.43 bits per heavy atom. The standard InChI is InChI=1S/C10H14ClNOS/c1-4-12(5-2)10(13)9-8(11)7(3)6-14-9/h6H,4-5H2,1-3H3. The van der Waals surface area contributed by atoms with Gasteiger partial charge in [-0.05, 0) is 31.7 Å². The van der Waals surface area contributed by atoms with Gasteiger partial charge in [0.1, 0.15) is 4.88 Å². The number of carbonyl (C=O) groups excluding carboxylic acids is 1. The third-order valence-corrected chi connectivity index (χ3v) is 3.83. The zero-order valence-electron chi connectivity index (χ0n) is 8.63. The zero-order chi connectivity index (χ0) is 10.7. The van der Waals surface area contributed by atoms with Crippen LogP contribution in [0.1, 0.15) is 29.1 Å². The van der Waals surface area contributed by atoms with Crippen molar-refractivity contribution >= 4 is 28.8 Å². The molecule has 0 saturated heterocycles. The lowest BCUT2D eigenvalue weighted by atomic mass is 10.3. The molecule has 0 saturated carbocycles. The van der Waals surface area contributed by atoms with Crippen molar-refractivity contribution in [3.05, 3.63) is 20.8 Å². The molecule has 1 rings (SSSR count). The summed E-state index contributed by atoms with van der Waals surface area (Å²) in [4.78, 5) is 14.3. The van der Waals surface area contributed by atoms with Crippen LogP contribution in [0.3, 0.4) is 0 Å². The topological polar surface area (TPSA) is 20.3 Å². The fourth-order valence-corrected chi connectivity index (χ4v) is 2.47. The summed E-state index contributed by atoms with van der Waals surface area (Å²) < 4.78 is 0. The van der Waals surface area contributed by atoms with Gasteiger partial charge in [0.25, 0.3) is 5.91 Å². The van der Waals surface area contributed by atoms with Gasteiger partial charge in [-0.15, -0.1) is 11.3 Å². The van der Waals surface area contributed by atoms with Crippen molar-refractivity contribution in [2.75, 3.05) is 13.1 Å². The van der Waals surface area contributed by atoms with Crippen LogP contribution in [0, 0.1) is 6.92 Å². The lowest BCUT2D eigenvalue weighted by Crippen LogP contribution is -2.29. The maximum atomic E-state index is 11.9. The molecule has 0 N–H and O–H groups in total. The molecule has 1 amide bonds. The quantitative estimate of drug-likeness (QED) is 0.783. The molecule has 0 spiro atoms. The highest BCUT2D eigenvalue weighted by Crippen LogP contribution is 2.28. The Morgan fingerprint density at radius 1 is 1.50 bits per heavy atom. The summed E-state index contributed by atoms with van der Waals surface area (Å²) in [6, 6.07) is 0. The molecule has 0 aliphatic heterocycles. The number of carbonyl (C=O) groups is 1. The summed E-state index contributed by atoms with van der Waals surface area (Å²) in [6.07, 6.45) is 0. The Bertz CT molecular complexity index is 331. The van der Waals surface area contributed by atoms with Crippen molar-refractivity contribution in [1.82, 2.24) is 4.90 Å². The molecule has 0 fully saturated rings. The number of amides is 1. The van der Waals surface area contributed by atoms with Crippen molar-refractivity contribution < 1.29 is 4.79 Å². The predicted octanol–water partition coefficient (Wildman–Crippen LogP) is 3.19. The largest absolute Gasteiger partial charge is 0.338 e. The van der Waals surface area contributed by atoms with Crippen LogP contribution in [0.15, 0.2) is 5.38 Å². The molecular weight excluding hydrogens is 218 g/mol. The van der Waals surface area contributed by atoms with Gasteiger partial charge in [0.2, 0.25) is 0 Å². The van der Waals surface area contributed by atoms with E-state index in [1.807, 2.05) is 26.2 Å². The summed E-state index contributed by atoms with van der Waals surface area (Å²) in [5, 5.41) is 2.52. The Balaban J connectivity index is 2.94. The molecule has 1 aromatic heterocycles. The Hall–Kier alpha value is -0.540. The third kappa shape index (κ3) is 2.10. The highest BCUT2D eigenvalue weighted by molar-refractivity contribution is 7.13. The molecule has 14 heavy (non-hydrogen) atoms. The second-order valence-corrected chi connectivity index (χ2v) is 4.30. The number of hydrogen-bond acceptors (Lipinski definition) is 2. The molecule has 78 valence electrons. The third-order valence-electron chi connectivity index (χ3n) is 2.14. The van der Waals surface area contributed by atoms with E-state index >= 15 is 0 Å². The van der Waals surface area contributed by atoms with Crippen LogP contribution in [0.4, 0.5) is 0 Å². The fraction of sp³-hybridized carbons (Fsp3) is 0.500. The van der Waals surface area contributed by atoms with Crippen molar-refractivity contribution in [1.29, 1.82) is 0 Å². The number of nitrogens with zero attached hydrogens (tertiary/aromatic N) is 1. The zero-order valence-corrected chi connectivity index (χ0v) is 10.2. The molecule has 0 bridgehead atoms. The molecule has 0 unspecified atom stereocenters. The van der Waals surface area contributed by atoms with E-state index in [1.165, 1.54) is 11.3 Å². The van der Waals surface area contributed by atoms with Gasteiger partial charge in [-0.1, -0.05) is 11.6 Å². The molecule has 2 nitrogen and oxygen atoms in total.